The molecule has 2 rings (SSSR count). The first-order valence-electron chi connectivity index (χ1n) is 5.40. The molecule has 0 atom stereocenters. The van der Waals surface area contributed by atoms with Gasteiger partial charge in [0.25, 0.3) is 10.0 Å². The van der Waals surface area contributed by atoms with Gasteiger partial charge in [-0.15, -0.1) is 0 Å². The van der Waals surface area contributed by atoms with E-state index in [-0.39, 0.29) is 4.90 Å². The molecule has 0 saturated heterocycles. The second-order valence-corrected chi connectivity index (χ2v) is 6.44. The van der Waals surface area contributed by atoms with Gasteiger partial charge in [0.15, 0.2) is 0 Å². The van der Waals surface area contributed by atoms with Gasteiger partial charge in [0.2, 0.25) is 0 Å². The number of nitrogens with one attached hydrogen (secondary N) is 1. The first-order valence-corrected chi connectivity index (χ1v) is 7.67. The molecule has 0 amide bonds. The monoisotopic (exact) mass is 341 g/mol. The van der Waals surface area contributed by atoms with E-state index < -0.39 is 10.0 Å². The Morgan fingerprint density at radius 1 is 1.16 bits per heavy atom. The Hall–Kier alpha value is -1.60. The van der Waals surface area contributed by atoms with Crippen LogP contribution < -0.4 is 10.5 Å². The van der Waals surface area contributed by atoms with E-state index in [4.69, 9.17) is 5.73 Å². The van der Waals surface area contributed by atoms with Crippen molar-refractivity contribution in [1.29, 1.82) is 0 Å². The SMILES string of the molecule is Cc1nc(Br)ccc1NS(=O)(=O)c1ccc(N)cc1. The van der Waals surface area contributed by atoms with E-state index in [0.717, 1.165) is 0 Å². The van der Waals surface area contributed by atoms with Crippen molar-refractivity contribution in [3.63, 3.8) is 0 Å². The number of sulfonamides is 1. The van der Waals surface area contributed by atoms with Gasteiger partial charge >= 0.3 is 0 Å². The number of anilines is 2. The average Bonchev–Trinajstić information content (AvgIpc) is 2.33. The number of nitrogen functional groups attached to an aromatic ring is 1. The van der Waals surface area contributed by atoms with Crippen LogP contribution in [0.25, 0.3) is 0 Å². The molecule has 0 fully saturated rings. The summed E-state index contributed by atoms with van der Waals surface area (Å²) in [5.41, 5.74) is 7.08. The standard InChI is InChI=1S/C12H12BrN3O2S/c1-8-11(6-7-12(13)15-8)16-19(17,18)10-4-2-9(14)3-5-10/h2-7,16H,14H2,1H3. The maximum atomic E-state index is 12.2. The molecule has 0 bridgehead atoms. The first kappa shape index (κ1) is 13.8. The van der Waals surface area contributed by atoms with Crippen molar-refractivity contribution in [3.05, 3.63) is 46.7 Å². The number of aryl methyl sites for hydroxylation is 1. The molecular weight excluding hydrogens is 330 g/mol. The van der Waals surface area contributed by atoms with Crippen LogP contribution in [0.3, 0.4) is 0 Å². The third-order valence-electron chi connectivity index (χ3n) is 2.49. The van der Waals surface area contributed by atoms with E-state index in [0.29, 0.717) is 21.7 Å². The highest BCUT2D eigenvalue weighted by Crippen LogP contribution is 2.20. The van der Waals surface area contributed by atoms with E-state index in [9.17, 15) is 8.42 Å². The molecule has 2 aromatic rings. The van der Waals surface area contributed by atoms with Gasteiger partial charge in [-0.1, -0.05) is 0 Å². The number of nitrogens with two attached hydrogens (primary N) is 1. The molecule has 5 nitrogen and oxygen atoms in total. The number of pyridine rings is 1. The Bertz CT molecular complexity index is 699. The van der Waals surface area contributed by atoms with Crippen molar-refractivity contribution in [2.75, 3.05) is 10.5 Å². The second kappa shape index (κ2) is 5.18. The van der Waals surface area contributed by atoms with Gasteiger partial charge in [-0.3, -0.25) is 4.72 Å². The predicted octanol–water partition coefficient (Wildman–Crippen LogP) is 2.54. The molecule has 0 aliphatic rings. The van der Waals surface area contributed by atoms with Crippen molar-refractivity contribution < 1.29 is 8.42 Å². The Morgan fingerprint density at radius 2 is 1.79 bits per heavy atom. The van der Waals surface area contributed by atoms with Crippen LogP contribution in [-0.2, 0) is 10.0 Å². The molecule has 0 spiro atoms. The molecule has 1 heterocycles. The summed E-state index contributed by atoms with van der Waals surface area (Å²) >= 11 is 3.23. The number of hydrogen-bond donors (Lipinski definition) is 2. The summed E-state index contributed by atoms with van der Waals surface area (Å²) in [5, 5.41) is 0. The number of benzene rings is 1. The lowest BCUT2D eigenvalue weighted by molar-refractivity contribution is 0.601. The molecule has 1 aromatic carbocycles. The van der Waals surface area contributed by atoms with E-state index in [1.54, 1.807) is 31.2 Å². The van der Waals surface area contributed by atoms with Crippen molar-refractivity contribution in [3.8, 4) is 0 Å². The van der Waals surface area contributed by atoms with Crippen LogP contribution in [0.1, 0.15) is 5.69 Å². The van der Waals surface area contributed by atoms with Gasteiger partial charge < -0.3 is 5.73 Å². The minimum absolute atomic E-state index is 0.156. The minimum Gasteiger partial charge on any atom is -0.399 e. The molecule has 0 aliphatic carbocycles. The van der Waals surface area contributed by atoms with Gasteiger partial charge in [0.05, 0.1) is 16.3 Å². The van der Waals surface area contributed by atoms with Crippen LogP contribution in [0, 0.1) is 6.92 Å². The predicted molar refractivity (Wildman–Crippen MR) is 78.3 cm³/mol. The van der Waals surface area contributed by atoms with E-state index in [1.165, 1.54) is 12.1 Å². The van der Waals surface area contributed by atoms with Crippen molar-refractivity contribution >= 4 is 37.3 Å². The molecule has 19 heavy (non-hydrogen) atoms. The molecule has 0 saturated carbocycles. The van der Waals surface area contributed by atoms with Crippen molar-refractivity contribution in [2.24, 2.45) is 0 Å². The quantitative estimate of drug-likeness (QED) is 0.663. The van der Waals surface area contributed by atoms with E-state index in [1.807, 2.05) is 0 Å². The Morgan fingerprint density at radius 3 is 2.37 bits per heavy atom. The zero-order valence-electron chi connectivity index (χ0n) is 10.1. The fraction of sp³-hybridized carbons (Fsp3) is 0.0833. The summed E-state index contributed by atoms with van der Waals surface area (Å²) in [7, 11) is -3.63. The van der Waals surface area contributed by atoms with Gasteiger partial charge in [-0.05, 0) is 59.3 Å². The van der Waals surface area contributed by atoms with Crippen LogP contribution >= 0.6 is 15.9 Å². The average molecular weight is 342 g/mol. The molecule has 1 aromatic heterocycles. The summed E-state index contributed by atoms with van der Waals surface area (Å²) in [5.74, 6) is 0. The van der Waals surface area contributed by atoms with Gasteiger partial charge in [0.1, 0.15) is 4.60 Å². The van der Waals surface area contributed by atoms with Crippen LogP contribution in [0.4, 0.5) is 11.4 Å². The van der Waals surface area contributed by atoms with Crippen LogP contribution in [-0.4, -0.2) is 13.4 Å². The highest BCUT2D eigenvalue weighted by molar-refractivity contribution is 9.10. The Balaban J connectivity index is 2.33. The number of nitrogens with zero attached hydrogens (tertiary/aromatic N) is 1. The molecule has 3 N–H and O–H groups in total. The lowest BCUT2D eigenvalue weighted by Crippen LogP contribution is -2.14. The largest absolute Gasteiger partial charge is 0.399 e. The molecule has 7 heteroatoms. The van der Waals surface area contributed by atoms with Crippen molar-refractivity contribution in [2.45, 2.75) is 11.8 Å². The smallest absolute Gasteiger partial charge is 0.261 e. The van der Waals surface area contributed by atoms with Gasteiger partial charge in [0, 0.05) is 5.69 Å². The summed E-state index contributed by atoms with van der Waals surface area (Å²) in [6.45, 7) is 1.73. The minimum atomic E-state index is -3.63. The third-order valence-corrected chi connectivity index (χ3v) is 4.31. The Kier molecular flexibility index (Phi) is 3.77. The molecule has 0 aliphatic heterocycles. The third kappa shape index (κ3) is 3.24. The number of hydrogen-bond acceptors (Lipinski definition) is 4. The zero-order chi connectivity index (χ0) is 14.0. The summed E-state index contributed by atoms with van der Waals surface area (Å²) < 4.78 is 27.5. The zero-order valence-corrected chi connectivity index (χ0v) is 12.5. The lowest BCUT2D eigenvalue weighted by atomic mass is 10.3. The molecular formula is C12H12BrN3O2S. The normalized spacial score (nSPS) is 11.3. The lowest BCUT2D eigenvalue weighted by Gasteiger charge is -2.10. The molecule has 0 radical (unpaired) electrons. The van der Waals surface area contributed by atoms with Gasteiger partial charge in [-0.2, -0.15) is 0 Å². The van der Waals surface area contributed by atoms with E-state index >= 15 is 0 Å². The van der Waals surface area contributed by atoms with E-state index in [2.05, 4.69) is 25.6 Å². The summed E-state index contributed by atoms with van der Waals surface area (Å²) in [4.78, 5) is 4.29. The molecule has 0 unspecified atom stereocenters. The Labute approximate surface area is 120 Å². The van der Waals surface area contributed by atoms with Crippen LogP contribution in [0.2, 0.25) is 0 Å². The highest BCUT2D eigenvalue weighted by atomic mass is 79.9. The fourth-order valence-electron chi connectivity index (χ4n) is 1.49. The topological polar surface area (TPSA) is 85.1 Å². The maximum Gasteiger partial charge on any atom is 0.261 e. The first-order chi connectivity index (χ1) is 8.88. The molecule has 100 valence electrons. The van der Waals surface area contributed by atoms with Gasteiger partial charge in [-0.25, -0.2) is 13.4 Å². The summed E-state index contributed by atoms with van der Waals surface area (Å²) in [6, 6.07) is 9.33. The van der Waals surface area contributed by atoms with Crippen LogP contribution in [0.5, 0.6) is 0 Å². The van der Waals surface area contributed by atoms with Crippen molar-refractivity contribution in [1.82, 2.24) is 4.98 Å². The number of halogens is 1. The highest BCUT2D eigenvalue weighted by Gasteiger charge is 2.15. The summed E-state index contributed by atoms with van der Waals surface area (Å²) in [6.07, 6.45) is 0. The fourth-order valence-corrected chi connectivity index (χ4v) is 3.00. The van der Waals surface area contributed by atoms with Crippen LogP contribution in [0.15, 0.2) is 45.9 Å². The number of aromatic nitrogens is 1. The maximum absolute atomic E-state index is 12.2. The number of rotatable bonds is 3. The second-order valence-electron chi connectivity index (χ2n) is 3.94.